The summed E-state index contributed by atoms with van der Waals surface area (Å²) >= 11 is 0. The molecule has 2 aromatic heterocycles. The Bertz CT molecular complexity index is 1020. The number of hydrogen-bond donors (Lipinski definition) is 1. The second kappa shape index (κ2) is 6.92. The summed E-state index contributed by atoms with van der Waals surface area (Å²) in [6.45, 7) is 0. The fourth-order valence-electron chi connectivity index (χ4n) is 3.93. The maximum absolute atomic E-state index is 12.9. The molecule has 146 valence electrons. The number of carboxylic acid groups (broad SMARTS) is 1. The predicted octanol–water partition coefficient (Wildman–Crippen LogP) is 5.16. The van der Waals surface area contributed by atoms with Crippen LogP contribution in [0, 0.1) is 0 Å². The fraction of sp³-hybridized carbons (Fsp3) is 0.350. The Balaban J connectivity index is 1.88. The zero-order valence-electron chi connectivity index (χ0n) is 14.9. The lowest BCUT2D eigenvalue weighted by Gasteiger charge is -2.25. The molecule has 1 aromatic carbocycles. The molecule has 1 N–H and O–H groups in total. The number of hydrogen-bond acceptors (Lipinski definition) is 3. The third-order valence-corrected chi connectivity index (χ3v) is 5.31. The molecule has 1 fully saturated rings. The molecule has 1 saturated carbocycles. The van der Waals surface area contributed by atoms with Crippen molar-refractivity contribution in [3.05, 3.63) is 53.5 Å². The van der Waals surface area contributed by atoms with E-state index in [4.69, 9.17) is 0 Å². The van der Waals surface area contributed by atoms with Crippen LogP contribution in [0.2, 0.25) is 0 Å². The van der Waals surface area contributed by atoms with Gasteiger partial charge in [0.1, 0.15) is 5.56 Å². The molecule has 2 heterocycles. The molecular weight excluding hydrogens is 371 g/mol. The van der Waals surface area contributed by atoms with Gasteiger partial charge < -0.3 is 5.11 Å². The molecule has 4 rings (SSSR count). The summed E-state index contributed by atoms with van der Waals surface area (Å²) in [6.07, 6.45) is 3.51. The van der Waals surface area contributed by atoms with Crippen LogP contribution in [0.1, 0.15) is 59.6 Å². The normalized spacial score (nSPS) is 15.8. The second-order valence-corrected chi connectivity index (χ2v) is 7.07. The SMILES string of the molecule is O=C(O)c1cnn2c(C3CCCCC3)c(-c3ccc(C(F)(F)F)cc3)cnc12. The van der Waals surface area contributed by atoms with Gasteiger partial charge in [0.2, 0.25) is 0 Å². The van der Waals surface area contributed by atoms with E-state index < -0.39 is 17.7 Å². The Morgan fingerprint density at radius 2 is 1.75 bits per heavy atom. The molecule has 0 amide bonds. The number of aromatic nitrogens is 3. The van der Waals surface area contributed by atoms with Crippen molar-refractivity contribution < 1.29 is 23.1 Å². The van der Waals surface area contributed by atoms with Gasteiger partial charge in [-0.05, 0) is 30.5 Å². The lowest BCUT2D eigenvalue weighted by atomic mass is 9.84. The Hall–Kier alpha value is -2.90. The molecular formula is C20H18F3N3O2. The fourth-order valence-corrected chi connectivity index (χ4v) is 3.93. The largest absolute Gasteiger partial charge is 0.477 e. The summed E-state index contributed by atoms with van der Waals surface area (Å²) in [5.41, 5.74) is 1.66. The van der Waals surface area contributed by atoms with E-state index in [9.17, 15) is 23.1 Å². The van der Waals surface area contributed by atoms with Gasteiger partial charge in [-0.3, -0.25) is 0 Å². The summed E-state index contributed by atoms with van der Waals surface area (Å²) in [5.74, 6) is -0.961. The van der Waals surface area contributed by atoms with Crippen LogP contribution in [0.4, 0.5) is 13.2 Å². The van der Waals surface area contributed by atoms with Crippen molar-refractivity contribution in [1.29, 1.82) is 0 Å². The number of fused-ring (bicyclic) bond motifs is 1. The molecule has 0 unspecified atom stereocenters. The molecule has 3 aromatic rings. The Kier molecular flexibility index (Phi) is 4.56. The highest BCUT2D eigenvalue weighted by molar-refractivity contribution is 5.94. The molecule has 0 radical (unpaired) electrons. The minimum atomic E-state index is -4.40. The van der Waals surface area contributed by atoms with E-state index in [0.29, 0.717) is 11.1 Å². The number of carboxylic acids is 1. The molecule has 0 bridgehead atoms. The van der Waals surface area contributed by atoms with Gasteiger partial charge in [0.25, 0.3) is 0 Å². The molecule has 1 aliphatic carbocycles. The van der Waals surface area contributed by atoms with Crippen LogP contribution in [0.25, 0.3) is 16.8 Å². The lowest BCUT2D eigenvalue weighted by molar-refractivity contribution is -0.137. The first-order valence-corrected chi connectivity index (χ1v) is 9.14. The third-order valence-electron chi connectivity index (χ3n) is 5.31. The number of benzene rings is 1. The molecule has 8 heteroatoms. The number of nitrogens with zero attached hydrogens (tertiary/aromatic N) is 3. The van der Waals surface area contributed by atoms with Crippen molar-refractivity contribution in [3.63, 3.8) is 0 Å². The topological polar surface area (TPSA) is 67.5 Å². The van der Waals surface area contributed by atoms with E-state index >= 15 is 0 Å². The van der Waals surface area contributed by atoms with Crippen LogP contribution >= 0.6 is 0 Å². The molecule has 5 nitrogen and oxygen atoms in total. The summed E-state index contributed by atoms with van der Waals surface area (Å²) in [4.78, 5) is 15.7. The number of halogens is 3. The van der Waals surface area contributed by atoms with E-state index in [1.54, 1.807) is 10.7 Å². The van der Waals surface area contributed by atoms with Crippen LogP contribution in [0.15, 0.2) is 36.7 Å². The van der Waals surface area contributed by atoms with Gasteiger partial charge in [-0.1, -0.05) is 31.4 Å². The molecule has 0 spiro atoms. The van der Waals surface area contributed by atoms with Crippen LogP contribution in [-0.2, 0) is 6.18 Å². The lowest BCUT2D eigenvalue weighted by Crippen LogP contribution is -2.13. The van der Waals surface area contributed by atoms with Crippen molar-refractivity contribution in [1.82, 2.24) is 14.6 Å². The average molecular weight is 389 g/mol. The number of aromatic carboxylic acids is 1. The van der Waals surface area contributed by atoms with Crippen LogP contribution in [-0.4, -0.2) is 25.7 Å². The number of rotatable bonds is 3. The van der Waals surface area contributed by atoms with Gasteiger partial charge in [-0.25, -0.2) is 14.3 Å². The van der Waals surface area contributed by atoms with E-state index in [2.05, 4.69) is 10.1 Å². The minimum Gasteiger partial charge on any atom is -0.477 e. The van der Waals surface area contributed by atoms with Crippen molar-refractivity contribution in [3.8, 4) is 11.1 Å². The van der Waals surface area contributed by atoms with Gasteiger partial charge >= 0.3 is 12.1 Å². The van der Waals surface area contributed by atoms with Crippen molar-refractivity contribution in [2.45, 2.75) is 44.2 Å². The second-order valence-electron chi connectivity index (χ2n) is 7.07. The Labute approximate surface area is 158 Å². The molecule has 1 aliphatic rings. The van der Waals surface area contributed by atoms with Gasteiger partial charge in [0.15, 0.2) is 5.65 Å². The van der Waals surface area contributed by atoms with E-state index in [1.165, 1.54) is 18.3 Å². The standard InChI is InChI=1S/C20H18F3N3O2/c21-20(22,23)14-8-6-12(7-9-14)15-10-24-18-16(19(27)28)11-25-26(18)17(15)13-4-2-1-3-5-13/h6-11,13H,1-5H2,(H,27,28). The maximum atomic E-state index is 12.9. The molecule has 0 atom stereocenters. The highest BCUT2D eigenvalue weighted by atomic mass is 19.4. The van der Waals surface area contributed by atoms with Crippen LogP contribution in [0.3, 0.4) is 0 Å². The third kappa shape index (κ3) is 3.23. The maximum Gasteiger partial charge on any atom is 0.416 e. The van der Waals surface area contributed by atoms with Gasteiger partial charge in [-0.15, -0.1) is 0 Å². The predicted molar refractivity (Wildman–Crippen MR) is 96.2 cm³/mol. The first kappa shape index (κ1) is 18.5. The van der Waals surface area contributed by atoms with Crippen LogP contribution in [0.5, 0.6) is 0 Å². The summed E-state index contributed by atoms with van der Waals surface area (Å²) in [7, 11) is 0. The van der Waals surface area contributed by atoms with Gasteiger partial charge in [0, 0.05) is 17.7 Å². The van der Waals surface area contributed by atoms with E-state index in [-0.39, 0.29) is 17.1 Å². The zero-order chi connectivity index (χ0) is 19.9. The highest BCUT2D eigenvalue weighted by Gasteiger charge is 2.30. The molecule has 0 aliphatic heterocycles. The minimum absolute atomic E-state index is 0.0102. The number of alkyl halides is 3. The van der Waals surface area contributed by atoms with Crippen molar-refractivity contribution >= 4 is 11.6 Å². The van der Waals surface area contributed by atoms with E-state index in [0.717, 1.165) is 49.9 Å². The monoisotopic (exact) mass is 389 g/mol. The average Bonchev–Trinajstić information content (AvgIpc) is 3.12. The Morgan fingerprint density at radius 1 is 1.07 bits per heavy atom. The van der Waals surface area contributed by atoms with Crippen molar-refractivity contribution in [2.24, 2.45) is 0 Å². The summed E-state index contributed by atoms with van der Waals surface area (Å²) in [5, 5.41) is 13.6. The van der Waals surface area contributed by atoms with Gasteiger partial charge in [-0.2, -0.15) is 18.3 Å². The smallest absolute Gasteiger partial charge is 0.416 e. The zero-order valence-corrected chi connectivity index (χ0v) is 14.9. The quantitative estimate of drug-likeness (QED) is 0.672. The summed E-state index contributed by atoms with van der Waals surface area (Å²) in [6, 6.07) is 4.96. The van der Waals surface area contributed by atoms with Gasteiger partial charge in [0.05, 0.1) is 17.5 Å². The van der Waals surface area contributed by atoms with E-state index in [1.807, 2.05) is 0 Å². The highest BCUT2D eigenvalue weighted by Crippen LogP contribution is 2.39. The molecule has 28 heavy (non-hydrogen) atoms. The van der Waals surface area contributed by atoms with Crippen molar-refractivity contribution in [2.75, 3.05) is 0 Å². The molecule has 0 saturated heterocycles. The Morgan fingerprint density at radius 3 is 2.36 bits per heavy atom. The van der Waals surface area contributed by atoms with Crippen LogP contribution < -0.4 is 0 Å². The summed E-state index contributed by atoms with van der Waals surface area (Å²) < 4.78 is 40.2. The first-order valence-electron chi connectivity index (χ1n) is 9.14. The first-order chi connectivity index (χ1) is 13.4. The number of carbonyl (C=O) groups is 1.